The average Bonchev–Trinajstić information content (AvgIpc) is 2.67. The molecule has 0 aliphatic carbocycles. The van der Waals surface area contributed by atoms with Crippen molar-refractivity contribution in [3.63, 3.8) is 0 Å². The third-order valence-electron chi connectivity index (χ3n) is 4.06. The van der Waals surface area contributed by atoms with Crippen LogP contribution >= 0.6 is 34.8 Å². The number of carbonyl (C=O) groups is 1. The van der Waals surface area contributed by atoms with Crippen LogP contribution in [0.5, 0.6) is 5.75 Å². The summed E-state index contributed by atoms with van der Waals surface area (Å²) in [7, 11) is 0. The summed E-state index contributed by atoms with van der Waals surface area (Å²) < 4.78 is 5.49. The number of benzene rings is 2. The summed E-state index contributed by atoms with van der Waals surface area (Å²) in [5.41, 5.74) is 0.325. The van der Waals surface area contributed by atoms with Gasteiger partial charge in [-0.15, -0.1) is 0 Å². The molecule has 1 amide bonds. The van der Waals surface area contributed by atoms with Gasteiger partial charge in [0.05, 0.1) is 32.5 Å². The van der Waals surface area contributed by atoms with Crippen LogP contribution in [0, 0.1) is 0 Å². The summed E-state index contributed by atoms with van der Waals surface area (Å²) in [5, 5.41) is 1.33. The highest BCUT2D eigenvalue weighted by atomic mass is 35.5. The van der Waals surface area contributed by atoms with Crippen molar-refractivity contribution in [1.29, 1.82) is 0 Å². The van der Waals surface area contributed by atoms with E-state index in [1.807, 2.05) is 6.92 Å². The van der Waals surface area contributed by atoms with Crippen LogP contribution in [-0.4, -0.2) is 33.9 Å². The van der Waals surface area contributed by atoms with Crippen LogP contribution in [0.1, 0.15) is 12.7 Å². The standard InChI is InChI=1S/C19H16Cl3N3O3/c1-2-25(9-17-23-15-6-4-3-5-11(15)19(27)24-17)18(26)10-28-16-8-13(21)12(20)7-14(16)22/h3-8H,2,9-10H2,1H3,(H,23,24,27). The molecule has 6 nitrogen and oxygen atoms in total. The number of amides is 1. The van der Waals surface area contributed by atoms with Gasteiger partial charge in [0.15, 0.2) is 6.61 Å². The van der Waals surface area contributed by atoms with E-state index < -0.39 is 0 Å². The van der Waals surface area contributed by atoms with Crippen molar-refractivity contribution in [3.05, 3.63) is 67.6 Å². The number of rotatable bonds is 6. The number of H-pyrrole nitrogens is 1. The van der Waals surface area contributed by atoms with Gasteiger partial charge in [-0.05, 0) is 25.1 Å². The summed E-state index contributed by atoms with van der Waals surface area (Å²) in [6, 6.07) is 9.93. The van der Waals surface area contributed by atoms with Crippen molar-refractivity contribution < 1.29 is 9.53 Å². The highest BCUT2D eigenvalue weighted by Gasteiger charge is 2.16. The molecule has 0 aliphatic heterocycles. The first kappa shape index (κ1) is 20.5. The van der Waals surface area contributed by atoms with Gasteiger partial charge in [-0.1, -0.05) is 46.9 Å². The molecule has 0 saturated carbocycles. The summed E-state index contributed by atoms with van der Waals surface area (Å²) in [6.45, 7) is 2.13. The first-order valence-corrected chi connectivity index (χ1v) is 9.55. The second-order valence-corrected chi connectivity index (χ2v) is 7.14. The lowest BCUT2D eigenvalue weighted by Gasteiger charge is -2.20. The van der Waals surface area contributed by atoms with Gasteiger partial charge >= 0.3 is 0 Å². The molecule has 146 valence electrons. The molecule has 1 N–H and O–H groups in total. The van der Waals surface area contributed by atoms with Crippen LogP contribution in [0.2, 0.25) is 15.1 Å². The Morgan fingerprint density at radius 1 is 1.14 bits per heavy atom. The molecule has 3 aromatic rings. The van der Waals surface area contributed by atoms with Gasteiger partial charge in [-0.25, -0.2) is 4.98 Å². The van der Waals surface area contributed by atoms with Gasteiger partial charge in [0.25, 0.3) is 11.5 Å². The molecule has 0 aliphatic rings. The second kappa shape index (κ2) is 8.82. The highest BCUT2D eigenvalue weighted by Crippen LogP contribution is 2.33. The zero-order valence-corrected chi connectivity index (χ0v) is 17.1. The van der Waals surface area contributed by atoms with E-state index in [9.17, 15) is 9.59 Å². The third kappa shape index (κ3) is 4.58. The number of para-hydroxylation sites is 1. The molecule has 28 heavy (non-hydrogen) atoms. The van der Waals surface area contributed by atoms with Gasteiger partial charge in [-0.3, -0.25) is 9.59 Å². The number of aromatic amines is 1. The zero-order valence-electron chi connectivity index (χ0n) is 14.8. The molecular weight excluding hydrogens is 425 g/mol. The quantitative estimate of drug-likeness (QED) is 0.580. The number of ether oxygens (including phenoxy) is 1. The van der Waals surface area contributed by atoms with E-state index in [-0.39, 0.29) is 40.4 Å². The minimum Gasteiger partial charge on any atom is -0.482 e. The average molecular weight is 441 g/mol. The molecule has 2 aromatic carbocycles. The van der Waals surface area contributed by atoms with Gasteiger partial charge in [0, 0.05) is 12.6 Å². The number of nitrogens with one attached hydrogen (secondary N) is 1. The Morgan fingerprint density at radius 3 is 2.61 bits per heavy atom. The topological polar surface area (TPSA) is 75.3 Å². The van der Waals surface area contributed by atoms with E-state index in [1.165, 1.54) is 17.0 Å². The van der Waals surface area contributed by atoms with Gasteiger partial charge in [0.2, 0.25) is 0 Å². The van der Waals surface area contributed by atoms with E-state index in [0.29, 0.717) is 28.3 Å². The molecule has 0 atom stereocenters. The van der Waals surface area contributed by atoms with Crippen LogP contribution in [-0.2, 0) is 11.3 Å². The van der Waals surface area contributed by atoms with Crippen molar-refractivity contribution in [2.45, 2.75) is 13.5 Å². The number of aromatic nitrogens is 2. The zero-order chi connectivity index (χ0) is 20.3. The molecule has 0 unspecified atom stereocenters. The van der Waals surface area contributed by atoms with Crippen LogP contribution < -0.4 is 10.3 Å². The van der Waals surface area contributed by atoms with Gasteiger partial charge < -0.3 is 14.6 Å². The first-order chi connectivity index (χ1) is 13.4. The molecule has 9 heteroatoms. The van der Waals surface area contributed by atoms with Crippen molar-refractivity contribution in [2.75, 3.05) is 13.2 Å². The smallest absolute Gasteiger partial charge is 0.260 e. The van der Waals surface area contributed by atoms with Crippen molar-refractivity contribution in [1.82, 2.24) is 14.9 Å². The Morgan fingerprint density at radius 2 is 1.86 bits per heavy atom. The Bertz CT molecular complexity index is 1080. The predicted molar refractivity (Wildman–Crippen MR) is 110 cm³/mol. The number of nitrogens with zero attached hydrogens (tertiary/aromatic N) is 2. The molecule has 1 aromatic heterocycles. The van der Waals surface area contributed by atoms with E-state index in [1.54, 1.807) is 24.3 Å². The minimum atomic E-state index is -0.291. The van der Waals surface area contributed by atoms with Crippen molar-refractivity contribution in [2.24, 2.45) is 0 Å². The lowest BCUT2D eigenvalue weighted by atomic mass is 10.2. The van der Waals surface area contributed by atoms with E-state index >= 15 is 0 Å². The Hall–Kier alpha value is -2.28. The Labute approximate surface area is 176 Å². The fourth-order valence-corrected chi connectivity index (χ4v) is 3.20. The summed E-state index contributed by atoms with van der Waals surface area (Å²) >= 11 is 17.9. The lowest BCUT2D eigenvalue weighted by molar-refractivity contribution is -0.133. The van der Waals surface area contributed by atoms with Crippen molar-refractivity contribution in [3.8, 4) is 5.75 Å². The van der Waals surface area contributed by atoms with Crippen molar-refractivity contribution >= 4 is 51.6 Å². The number of likely N-dealkylation sites (N-methyl/N-ethyl adjacent to an activating group) is 1. The molecule has 0 bridgehead atoms. The summed E-state index contributed by atoms with van der Waals surface area (Å²) in [5.74, 6) is 0.365. The van der Waals surface area contributed by atoms with E-state index in [2.05, 4.69) is 9.97 Å². The van der Waals surface area contributed by atoms with Crippen LogP contribution in [0.15, 0.2) is 41.2 Å². The fraction of sp³-hybridized carbons (Fsp3) is 0.211. The van der Waals surface area contributed by atoms with Crippen LogP contribution in [0.3, 0.4) is 0 Å². The van der Waals surface area contributed by atoms with Gasteiger partial charge in [-0.2, -0.15) is 0 Å². The van der Waals surface area contributed by atoms with Gasteiger partial charge in [0.1, 0.15) is 11.6 Å². The lowest BCUT2D eigenvalue weighted by Crippen LogP contribution is -2.35. The molecule has 1 heterocycles. The Kier molecular flexibility index (Phi) is 6.44. The maximum atomic E-state index is 12.5. The minimum absolute atomic E-state index is 0.147. The summed E-state index contributed by atoms with van der Waals surface area (Å²) in [6.07, 6.45) is 0. The monoisotopic (exact) mass is 439 g/mol. The predicted octanol–water partition coefficient (Wildman–Crippen LogP) is 4.31. The molecule has 0 saturated heterocycles. The van der Waals surface area contributed by atoms with E-state index in [0.717, 1.165) is 0 Å². The largest absolute Gasteiger partial charge is 0.482 e. The third-order valence-corrected chi connectivity index (χ3v) is 5.08. The van der Waals surface area contributed by atoms with Crippen LogP contribution in [0.4, 0.5) is 0 Å². The maximum Gasteiger partial charge on any atom is 0.260 e. The maximum absolute atomic E-state index is 12.5. The number of hydrogen-bond acceptors (Lipinski definition) is 4. The number of hydrogen-bond donors (Lipinski definition) is 1. The van der Waals surface area contributed by atoms with E-state index in [4.69, 9.17) is 39.5 Å². The second-order valence-electron chi connectivity index (χ2n) is 5.92. The number of halogens is 3. The molecule has 3 rings (SSSR count). The molecular formula is C19H16Cl3N3O3. The fourth-order valence-electron chi connectivity index (χ4n) is 2.61. The first-order valence-electron chi connectivity index (χ1n) is 8.42. The van der Waals surface area contributed by atoms with Crippen LogP contribution in [0.25, 0.3) is 10.9 Å². The Balaban J connectivity index is 1.72. The normalized spacial score (nSPS) is 10.9. The number of fused-ring (bicyclic) bond motifs is 1. The molecule has 0 radical (unpaired) electrons. The SMILES string of the molecule is CCN(Cc1nc2ccccc2c(=O)[nH]1)C(=O)COc1cc(Cl)c(Cl)cc1Cl. The molecule has 0 spiro atoms. The molecule has 0 fully saturated rings. The highest BCUT2D eigenvalue weighted by molar-refractivity contribution is 6.43. The summed E-state index contributed by atoms with van der Waals surface area (Å²) in [4.78, 5) is 33.4. The number of carbonyl (C=O) groups excluding carboxylic acids is 1.